The van der Waals surface area contributed by atoms with Crippen LogP contribution in [0.1, 0.15) is 15.9 Å². The first-order valence-electron chi connectivity index (χ1n) is 3.33. The zero-order chi connectivity index (χ0) is 8.97. The number of nitriles is 1. The van der Waals surface area contributed by atoms with E-state index in [2.05, 4.69) is 0 Å². The van der Waals surface area contributed by atoms with Crippen molar-refractivity contribution in [2.45, 2.75) is 0 Å². The molecule has 58 valence electrons. The van der Waals surface area contributed by atoms with Crippen molar-refractivity contribution < 1.29 is 4.79 Å². The fourth-order valence-corrected chi connectivity index (χ4v) is 0.873. The first-order valence-corrected chi connectivity index (χ1v) is 3.33. The summed E-state index contributed by atoms with van der Waals surface area (Å²) in [6, 6.07) is 8.32. The molecule has 1 rings (SSSR count). The Hall–Kier alpha value is -1.95. The molecule has 1 aromatic carbocycles. The Bertz CT molecular complexity index is 363. The number of rotatable bonds is 2. The van der Waals surface area contributed by atoms with Crippen LogP contribution in [0.25, 0.3) is 0 Å². The molecule has 0 unspecified atom stereocenters. The lowest BCUT2D eigenvalue weighted by Crippen LogP contribution is -2.01. The molecule has 0 aliphatic heterocycles. The molecule has 12 heavy (non-hydrogen) atoms. The summed E-state index contributed by atoms with van der Waals surface area (Å²) in [5.74, 6) is -0.438. The van der Waals surface area contributed by atoms with Gasteiger partial charge >= 0.3 is 0 Å². The number of nitrogens with one attached hydrogen (secondary N) is 1. The third-order valence-corrected chi connectivity index (χ3v) is 1.44. The summed E-state index contributed by atoms with van der Waals surface area (Å²) in [6.07, 6.45) is 0.705. The van der Waals surface area contributed by atoms with Gasteiger partial charge in [0.05, 0.1) is 17.8 Å². The maximum absolute atomic E-state index is 11.0. The molecule has 0 saturated heterocycles. The molecule has 0 fully saturated rings. The summed E-state index contributed by atoms with van der Waals surface area (Å²) < 4.78 is 0. The van der Waals surface area contributed by atoms with E-state index in [4.69, 9.17) is 10.7 Å². The minimum atomic E-state index is -0.438. The molecular formula is C9H6N2O. The van der Waals surface area contributed by atoms with Crippen molar-refractivity contribution in [1.82, 2.24) is 0 Å². The average Bonchev–Trinajstić information content (AvgIpc) is 2.16. The highest BCUT2D eigenvalue weighted by Crippen LogP contribution is 2.06. The molecule has 0 aromatic heterocycles. The summed E-state index contributed by atoms with van der Waals surface area (Å²) in [7, 11) is 0. The van der Waals surface area contributed by atoms with Gasteiger partial charge in [0.15, 0.2) is 0 Å². The standard InChI is InChI=1S/C9H6N2O/c10-5-7-3-1-2-4-8(7)9(12)6-11/h1-4,6,11H. The van der Waals surface area contributed by atoms with E-state index < -0.39 is 5.78 Å². The first kappa shape index (κ1) is 8.15. The van der Waals surface area contributed by atoms with E-state index in [1.165, 1.54) is 6.07 Å². The second kappa shape index (κ2) is 3.44. The highest BCUT2D eigenvalue weighted by Gasteiger charge is 2.06. The quantitative estimate of drug-likeness (QED) is 0.522. The summed E-state index contributed by atoms with van der Waals surface area (Å²) in [6.45, 7) is 0. The molecule has 0 amide bonds. The highest BCUT2D eigenvalue weighted by molar-refractivity contribution is 6.34. The number of Topliss-reactive ketones (excluding diaryl/α,β-unsaturated/α-hetero) is 1. The van der Waals surface area contributed by atoms with E-state index >= 15 is 0 Å². The van der Waals surface area contributed by atoms with Gasteiger partial charge in [-0.05, 0) is 12.1 Å². The van der Waals surface area contributed by atoms with Crippen molar-refractivity contribution in [3.05, 3.63) is 35.4 Å². The molecule has 0 spiro atoms. The minimum Gasteiger partial charge on any atom is -0.305 e. The highest BCUT2D eigenvalue weighted by atomic mass is 16.1. The molecule has 0 aliphatic carbocycles. The Morgan fingerprint density at radius 1 is 1.50 bits per heavy atom. The Morgan fingerprint density at radius 2 is 2.17 bits per heavy atom. The Labute approximate surface area is 69.8 Å². The van der Waals surface area contributed by atoms with Crippen LogP contribution in [0.5, 0.6) is 0 Å². The summed E-state index contributed by atoms with van der Waals surface area (Å²) >= 11 is 0. The van der Waals surface area contributed by atoms with Crippen LogP contribution in [0.2, 0.25) is 0 Å². The molecule has 0 aliphatic rings. The van der Waals surface area contributed by atoms with E-state index in [-0.39, 0.29) is 5.56 Å². The lowest BCUT2D eigenvalue weighted by Gasteiger charge is -1.95. The predicted octanol–water partition coefficient (Wildman–Crippen LogP) is 1.39. The topological polar surface area (TPSA) is 64.7 Å². The molecule has 0 saturated carbocycles. The third kappa shape index (κ3) is 1.38. The number of carbonyl (C=O) groups is 1. The van der Waals surface area contributed by atoms with Crippen LogP contribution >= 0.6 is 0 Å². The molecule has 1 aromatic rings. The summed E-state index contributed by atoms with van der Waals surface area (Å²) in [5, 5.41) is 15.3. The molecule has 3 nitrogen and oxygen atoms in total. The van der Waals surface area contributed by atoms with Crippen LogP contribution in [-0.2, 0) is 0 Å². The summed E-state index contributed by atoms with van der Waals surface area (Å²) in [5.41, 5.74) is 0.598. The average molecular weight is 158 g/mol. The molecule has 0 radical (unpaired) electrons. The minimum absolute atomic E-state index is 0.287. The number of hydrogen-bond donors (Lipinski definition) is 1. The van der Waals surface area contributed by atoms with Gasteiger partial charge in [-0.3, -0.25) is 4.79 Å². The van der Waals surface area contributed by atoms with Crippen molar-refractivity contribution in [2.75, 3.05) is 0 Å². The van der Waals surface area contributed by atoms with E-state index in [0.717, 1.165) is 0 Å². The van der Waals surface area contributed by atoms with Gasteiger partial charge in [-0.2, -0.15) is 5.26 Å². The molecule has 3 heteroatoms. The van der Waals surface area contributed by atoms with Crippen LogP contribution in [0.15, 0.2) is 24.3 Å². The number of ketones is 1. The Morgan fingerprint density at radius 3 is 2.75 bits per heavy atom. The van der Waals surface area contributed by atoms with Crippen LogP contribution in [0, 0.1) is 16.7 Å². The van der Waals surface area contributed by atoms with Gasteiger partial charge in [-0.1, -0.05) is 12.1 Å². The zero-order valence-electron chi connectivity index (χ0n) is 6.24. The SMILES string of the molecule is N#Cc1ccccc1C(=O)C=N. The van der Waals surface area contributed by atoms with Crippen molar-refractivity contribution in [3.8, 4) is 6.07 Å². The van der Waals surface area contributed by atoms with Crippen LogP contribution < -0.4 is 0 Å². The maximum Gasteiger partial charge on any atom is 0.204 e. The second-order valence-electron chi connectivity index (χ2n) is 2.17. The molecule has 1 N–H and O–H groups in total. The fraction of sp³-hybridized carbons (Fsp3) is 0. The number of benzene rings is 1. The Kier molecular flexibility index (Phi) is 2.34. The van der Waals surface area contributed by atoms with Gasteiger partial charge in [-0.15, -0.1) is 0 Å². The van der Waals surface area contributed by atoms with E-state index in [9.17, 15) is 4.79 Å². The lowest BCUT2D eigenvalue weighted by molar-refractivity contribution is 0.107. The van der Waals surface area contributed by atoms with Crippen LogP contribution in [0.3, 0.4) is 0 Å². The van der Waals surface area contributed by atoms with Gasteiger partial charge in [0.25, 0.3) is 0 Å². The zero-order valence-corrected chi connectivity index (χ0v) is 6.24. The van der Waals surface area contributed by atoms with Crippen LogP contribution in [-0.4, -0.2) is 12.0 Å². The Balaban J connectivity index is 3.24. The van der Waals surface area contributed by atoms with Gasteiger partial charge < -0.3 is 5.41 Å². The normalized spacial score (nSPS) is 8.58. The van der Waals surface area contributed by atoms with E-state index in [1.54, 1.807) is 18.2 Å². The van der Waals surface area contributed by atoms with Gasteiger partial charge in [0.1, 0.15) is 0 Å². The smallest absolute Gasteiger partial charge is 0.204 e. The fourth-order valence-electron chi connectivity index (χ4n) is 0.873. The van der Waals surface area contributed by atoms with Gasteiger partial charge in [0.2, 0.25) is 5.78 Å². The third-order valence-electron chi connectivity index (χ3n) is 1.44. The summed E-state index contributed by atoms with van der Waals surface area (Å²) in [4.78, 5) is 11.0. The monoisotopic (exact) mass is 158 g/mol. The van der Waals surface area contributed by atoms with E-state index in [0.29, 0.717) is 11.8 Å². The van der Waals surface area contributed by atoms with Crippen molar-refractivity contribution in [1.29, 1.82) is 10.7 Å². The number of nitrogens with zero attached hydrogens (tertiary/aromatic N) is 1. The predicted molar refractivity (Wildman–Crippen MR) is 44.3 cm³/mol. The largest absolute Gasteiger partial charge is 0.305 e. The van der Waals surface area contributed by atoms with Crippen molar-refractivity contribution in [2.24, 2.45) is 0 Å². The number of carbonyl (C=O) groups excluding carboxylic acids is 1. The van der Waals surface area contributed by atoms with Gasteiger partial charge in [-0.25, -0.2) is 0 Å². The first-order chi connectivity index (χ1) is 5.79. The molecular weight excluding hydrogens is 152 g/mol. The van der Waals surface area contributed by atoms with Crippen molar-refractivity contribution in [3.63, 3.8) is 0 Å². The van der Waals surface area contributed by atoms with Crippen LogP contribution in [0.4, 0.5) is 0 Å². The van der Waals surface area contributed by atoms with Gasteiger partial charge in [0, 0.05) is 5.56 Å². The lowest BCUT2D eigenvalue weighted by atomic mass is 10.1. The number of hydrogen-bond acceptors (Lipinski definition) is 3. The molecule has 0 bridgehead atoms. The molecule has 0 atom stereocenters. The molecule has 0 heterocycles. The van der Waals surface area contributed by atoms with E-state index in [1.807, 2.05) is 6.07 Å². The van der Waals surface area contributed by atoms with Crippen molar-refractivity contribution >= 4 is 12.0 Å². The second-order valence-corrected chi connectivity index (χ2v) is 2.17. The maximum atomic E-state index is 11.0.